The van der Waals surface area contributed by atoms with Crippen LogP contribution in [0.15, 0.2) is 182 Å². The number of hydrogen-bond acceptors (Lipinski definition) is 19. The second kappa shape index (κ2) is 24.9. The Morgan fingerprint density at radius 3 is 0.961 bits per heavy atom. The summed E-state index contributed by atoms with van der Waals surface area (Å²) in [7, 11) is 0. The van der Waals surface area contributed by atoms with Crippen molar-refractivity contribution < 1.29 is 91.1 Å². The number of esters is 6. The van der Waals surface area contributed by atoms with Crippen LogP contribution in [0.3, 0.4) is 0 Å². The maximum absolute atomic E-state index is 13.9. The second-order valence-corrected chi connectivity index (χ2v) is 17.5. The molecular weight excluding hydrogens is 989 g/mol. The van der Waals surface area contributed by atoms with Crippen molar-refractivity contribution in [3.8, 4) is 0 Å². The third-order valence-corrected chi connectivity index (χ3v) is 12.3. The monoisotopic (exact) mass is 1040 g/mol. The molecule has 0 spiro atoms. The number of carbonyl (C=O) groups is 6. The summed E-state index contributed by atoms with van der Waals surface area (Å²) >= 11 is 0. The average Bonchev–Trinajstić information content (AvgIpc) is 3.95. The van der Waals surface area contributed by atoms with Gasteiger partial charge in [0.25, 0.3) is 0 Å². The van der Waals surface area contributed by atoms with Gasteiger partial charge in [-0.25, -0.2) is 28.8 Å². The first kappa shape index (κ1) is 52.7. The van der Waals surface area contributed by atoms with Gasteiger partial charge < -0.3 is 62.3 Å². The molecule has 76 heavy (non-hydrogen) atoms. The smallest absolute Gasteiger partial charge is 0.338 e. The van der Waals surface area contributed by atoms with Gasteiger partial charge in [0.1, 0.15) is 43.7 Å². The molecule has 9 rings (SSSR count). The number of benzene rings is 6. The van der Waals surface area contributed by atoms with E-state index in [2.05, 4.69) is 0 Å². The minimum Gasteiger partial charge on any atom is -0.459 e. The molecule has 3 aliphatic heterocycles. The Hall–Kier alpha value is -8.14. The van der Waals surface area contributed by atoms with E-state index in [1.54, 1.807) is 109 Å². The molecule has 0 radical (unpaired) electrons. The Morgan fingerprint density at radius 1 is 0.368 bits per heavy atom. The van der Waals surface area contributed by atoms with E-state index in [4.69, 9.17) is 52.1 Å². The van der Waals surface area contributed by atoms with Crippen LogP contribution in [-0.2, 0) is 52.1 Å². The van der Waals surface area contributed by atoms with Crippen molar-refractivity contribution >= 4 is 35.8 Å². The summed E-state index contributed by atoms with van der Waals surface area (Å²) in [6.07, 6.45) is -20.1. The molecule has 0 bridgehead atoms. The first-order valence-electron chi connectivity index (χ1n) is 24.1. The molecule has 3 saturated heterocycles. The van der Waals surface area contributed by atoms with Gasteiger partial charge >= 0.3 is 35.8 Å². The molecule has 6 aromatic rings. The van der Waals surface area contributed by atoms with Gasteiger partial charge in [0.05, 0.1) is 40.0 Å². The Labute approximate surface area is 434 Å². The first-order valence-corrected chi connectivity index (χ1v) is 24.1. The minimum atomic E-state index is -1.95. The molecule has 19 heteroatoms. The highest BCUT2D eigenvalue weighted by molar-refractivity contribution is 5.92. The zero-order valence-corrected chi connectivity index (χ0v) is 40.2. The van der Waals surface area contributed by atoms with Crippen molar-refractivity contribution in [2.24, 2.45) is 0 Å². The summed E-state index contributed by atoms with van der Waals surface area (Å²) in [5, 5.41) is 23.3. The predicted octanol–water partition coefficient (Wildman–Crippen LogP) is 5.53. The van der Waals surface area contributed by atoms with E-state index >= 15 is 0 Å². The zero-order chi connectivity index (χ0) is 53.0. The number of hydrogen-bond donors (Lipinski definition) is 2. The Bertz CT molecular complexity index is 2700. The van der Waals surface area contributed by atoms with Crippen molar-refractivity contribution in [1.82, 2.24) is 0 Å². The molecule has 0 amide bonds. The molecule has 0 aromatic heterocycles. The number of aliphatic hydroxyl groups excluding tert-OH is 2. The van der Waals surface area contributed by atoms with Crippen LogP contribution in [0, 0.1) is 0 Å². The minimum absolute atomic E-state index is 0.0759. The Morgan fingerprint density at radius 2 is 0.645 bits per heavy atom. The van der Waals surface area contributed by atoms with Crippen LogP contribution < -0.4 is 0 Å². The second-order valence-electron chi connectivity index (χ2n) is 17.5. The summed E-state index contributed by atoms with van der Waals surface area (Å²) in [5.41, 5.74) is 0.742. The highest BCUT2D eigenvalue weighted by Crippen LogP contribution is 2.36. The lowest BCUT2D eigenvalue weighted by Gasteiger charge is -2.40. The predicted molar refractivity (Wildman–Crippen MR) is 261 cm³/mol. The van der Waals surface area contributed by atoms with Gasteiger partial charge in [-0.2, -0.15) is 0 Å². The summed E-state index contributed by atoms with van der Waals surface area (Å²) in [4.78, 5) is 82.0. The van der Waals surface area contributed by atoms with Crippen LogP contribution in [0.25, 0.3) is 0 Å². The maximum atomic E-state index is 13.9. The molecule has 0 unspecified atom stereocenters. The van der Waals surface area contributed by atoms with Gasteiger partial charge in [-0.3, -0.25) is 0 Å². The van der Waals surface area contributed by atoms with Gasteiger partial charge in [-0.05, 0) is 72.8 Å². The quantitative estimate of drug-likeness (QED) is 0.0793. The van der Waals surface area contributed by atoms with Crippen LogP contribution in [0.4, 0.5) is 0 Å². The Balaban J connectivity index is 1.04. The molecule has 12 atom stereocenters. The highest BCUT2D eigenvalue weighted by atomic mass is 16.8. The van der Waals surface area contributed by atoms with Crippen molar-refractivity contribution in [2.75, 3.05) is 19.8 Å². The van der Waals surface area contributed by atoms with Crippen LogP contribution in [-0.4, -0.2) is 140 Å². The number of carbonyl (C=O) groups excluding carboxylic acids is 6. The lowest BCUT2D eigenvalue weighted by atomic mass is 10.0. The van der Waals surface area contributed by atoms with E-state index in [1.807, 2.05) is 0 Å². The van der Waals surface area contributed by atoms with E-state index in [0.29, 0.717) is 0 Å². The molecule has 3 aliphatic rings. The topological polar surface area (TPSA) is 244 Å². The summed E-state index contributed by atoms with van der Waals surface area (Å²) in [6.45, 7) is -1.73. The van der Waals surface area contributed by atoms with E-state index in [1.165, 1.54) is 72.8 Å². The lowest BCUT2D eigenvalue weighted by Crippen LogP contribution is -2.59. The van der Waals surface area contributed by atoms with Crippen molar-refractivity contribution in [1.29, 1.82) is 0 Å². The number of ether oxygens (including phenoxy) is 11. The van der Waals surface area contributed by atoms with Crippen LogP contribution in [0.5, 0.6) is 0 Å². The average molecular weight is 1040 g/mol. The van der Waals surface area contributed by atoms with Crippen LogP contribution in [0.2, 0.25) is 0 Å². The standard InChI is InChI=1S/C57H50O19/c58-40-31-66-55(65)46(76-57-48(74-54(64)39-29-17-6-18-30-39)45(72-52(62)37-25-13-4-14-26-37)42(70-57)33-68-50(60)35-21-9-2-10-22-35)43(40)75-56-47(73-53(63)38-27-15-5-16-28-38)44(71-51(61)36-23-11-3-12-24-36)41(69-56)32-67-49(59)34-19-7-1-8-20-34/h1-30,40-48,55-58,65H,31-33H2/t40-,41+,42+,43+,44+,45+,46-,47-,48-,55-,56+,57+/m1/s1. The van der Waals surface area contributed by atoms with Gasteiger partial charge in [0.2, 0.25) is 0 Å². The number of aliphatic hydroxyl groups is 2. The highest BCUT2D eigenvalue weighted by Gasteiger charge is 2.57. The molecule has 19 nitrogen and oxygen atoms in total. The van der Waals surface area contributed by atoms with E-state index in [9.17, 15) is 39.0 Å². The van der Waals surface area contributed by atoms with Crippen LogP contribution in [0.1, 0.15) is 62.1 Å². The molecule has 2 N–H and O–H groups in total. The Kier molecular flexibility index (Phi) is 17.3. The normalized spacial score (nSPS) is 25.8. The van der Waals surface area contributed by atoms with Gasteiger partial charge in [0, 0.05) is 0 Å². The van der Waals surface area contributed by atoms with Crippen molar-refractivity contribution in [2.45, 2.75) is 73.8 Å². The third kappa shape index (κ3) is 12.8. The van der Waals surface area contributed by atoms with Gasteiger partial charge in [0.15, 0.2) is 43.3 Å². The van der Waals surface area contributed by atoms with Gasteiger partial charge in [-0.1, -0.05) is 109 Å². The molecular formula is C57H50O19. The summed E-state index contributed by atoms with van der Waals surface area (Å²) in [6, 6.07) is 47.4. The fourth-order valence-electron chi connectivity index (χ4n) is 8.49. The third-order valence-electron chi connectivity index (χ3n) is 12.3. The molecule has 0 saturated carbocycles. The SMILES string of the molecule is O=C(OC[C@@H]1O[C@@H](O[C@@H]2[C@@H](O[C@@H]3O[C@@H](COC(=O)c4ccccc4)[C@H](OC(=O)c4ccccc4)[C@H]3OC(=O)c3ccccc3)[C@H](O)OC[C@H]2O)[C@H](OC(=O)c2ccccc2)[C@H]1OC(=O)c1ccccc1)c1ccccc1. The van der Waals surface area contributed by atoms with Crippen molar-refractivity contribution in [3.63, 3.8) is 0 Å². The van der Waals surface area contributed by atoms with Gasteiger partial charge in [-0.15, -0.1) is 0 Å². The first-order chi connectivity index (χ1) is 37.0. The summed E-state index contributed by atoms with van der Waals surface area (Å²) < 4.78 is 66.5. The molecule has 3 heterocycles. The van der Waals surface area contributed by atoms with E-state index < -0.39 is 129 Å². The van der Waals surface area contributed by atoms with E-state index in [0.717, 1.165) is 0 Å². The number of rotatable bonds is 18. The lowest BCUT2D eigenvalue weighted by molar-refractivity contribution is -0.333. The molecule has 392 valence electrons. The van der Waals surface area contributed by atoms with Crippen molar-refractivity contribution in [3.05, 3.63) is 215 Å². The fourth-order valence-corrected chi connectivity index (χ4v) is 8.49. The van der Waals surface area contributed by atoms with Crippen LogP contribution >= 0.6 is 0 Å². The molecule has 3 fully saturated rings. The molecule has 6 aromatic carbocycles. The summed E-state index contributed by atoms with van der Waals surface area (Å²) in [5.74, 6) is -5.13. The molecule has 0 aliphatic carbocycles. The zero-order valence-electron chi connectivity index (χ0n) is 40.2. The van der Waals surface area contributed by atoms with E-state index in [-0.39, 0.29) is 33.4 Å². The maximum Gasteiger partial charge on any atom is 0.338 e. The fraction of sp³-hybridized carbons (Fsp3) is 0.263. The largest absolute Gasteiger partial charge is 0.459 e.